The summed E-state index contributed by atoms with van der Waals surface area (Å²) in [6, 6.07) is 1.22. The molecule has 4 N–H and O–H groups in total. The molecule has 9 nitrogen and oxygen atoms in total. The van der Waals surface area contributed by atoms with Gasteiger partial charge in [-0.05, 0) is 58.0 Å². The van der Waals surface area contributed by atoms with E-state index in [0.29, 0.717) is 25.2 Å². The van der Waals surface area contributed by atoms with E-state index in [4.69, 9.17) is 4.52 Å². The number of hydrogen-bond donors (Lipinski definition) is 4. The molecular weight excluding hydrogens is 394 g/mol. The van der Waals surface area contributed by atoms with Gasteiger partial charge in [-0.3, -0.25) is 4.79 Å². The first-order valence-electron chi connectivity index (χ1n) is 10.4. The van der Waals surface area contributed by atoms with Crippen LogP contribution >= 0.6 is 0 Å². The standard InChI is InChI=1S/C19H29N5O4S/c25-19(17-12-18(28-22-17)13-5-6-13)21-15-3-1-2-4-16(11-15)24-29(26,27)23-14-7-9-20-10-8-14/h1-2,12-16,20,23-24H,3-11H2,(H,21,25)/t15-,16-/m0/s1. The molecule has 2 fully saturated rings. The molecule has 1 saturated carbocycles. The molecule has 2 aliphatic carbocycles. The van der Waals surface area contributed by atoms with Crippen LogP contribution in [-0.4, -0.2) is 50.7 Å². The Hall–Kier alpha value is -1.75. The van der Waals surface area contributed by atoms with Crippen molar-refractivity contribution in [3.63, 3.8) is 0 Å². The van der Waals surface area contributed by atoms with Gasteiger partial charge in [0, 0.05) is 30.1 Å². The monoisotopic (exact) mass is 423 g/mol. The third-order valence-electron chi connectivity index (χ3n) is 5.64. The van der Waals surface area contributed by atoms with Gasteiger partial charge in [-0.2, -0.15) is 17.9 Å². The van der Waals surface area contributed by atoms with Gasteiger partial charge in [0.05, 0.1) is 0 Å². The molecule has 3 aliphatic rings. The van der Waals surface area contributed by atoms with Crippen LogP contribution in [0.2, 0.25) is 0 Å². The molecule has 29 heavy (non-hydrogen) atoms. The van der Waals surface area contributed by atoms with Crippen LogP contribution in [-0.2, 0) is 10.2 Å². The molecule has 0 aromatic carbocycles. The maximum Gasteiger partial charge on any atom is 0.277 e. The topological polar surface area (TPSA) is 125 Å². The van der Waals surface area contributed by atoms with E-state index in [1.54, 1.807) is 6.07 Å². The predicted molar refractivity (Wildman–Crippen MR) is 108 cm³/mol. The van der Waals surface area contributed by atoms with Gasteiger partial charge in [-0.1, -0.05) is 17.3 Å². The SMILES string of the molecule is O=C(N[C@H]1CC=CC[C@H](NS(=O)(=O)NC2CCNCC2)C1)c1cc(C2CC2)on1. The highest BCUT2D eigenvalue weighted by molar-refractivity contribution is 7.87. The lowest BCUT2D eigenvalue weighted by molar-refractivity contribution is 0.0925. The number of nitrogens with one attached hydrogen (secondary N) is 4. The molecule has 2 atom stereocenters. The lowest BCUT2D eigenvalue weighted by atomic mass is 10.1. The second-order valence-corrected chi connectivity index (χ2v) is 9.68. The summed E-state index contributed by atoms with van der Waals surface area (Å²) in [6.45, 7) is 1.63. The van der Waals surface area contributed by atoms with Crippen molar-refractivity contribution in [3.05, 3.63) is 29.7 Å². The van der Waals surface area contributed by atoms with E-state index in [2.05, 4.69) is 25.2 Å². The molecule has 0 spiro atoms. The molecule has 0 radical (unpaired) electrons. The van der Waals surface area contributed by atoms with Crippen molar-refractivity contribution in [1.29, 1.82) is 0 Å². The number of hydrogen-bond acceptors (Lipinski definition) is 6. The number of aromatic nitrogens is 1. The van der Waals surface area contributed by atoms with Crippen molar-refractivity contribution in [2.75, 3.05) is 13.1 Å². The fourth-order valence-corrected chi connectivity index (χ4v) is 5.27. The zero-order valence-electron chi connectivity index (χ0n) is 16.4. The normalized spacial score (nSPS) is 26.2. The highest BCUT2D eigenvalue weighted by Gasteiger charge is 2.30. The maximum absolute atomic E-state index is 12.5. The molecule has 0 bridgehead atoms. The van der Waals surface area contributed by atoms with Crippen LogP contribution in [0, 0.1) is 0 Å². The molecule has 1 aliphatic heterocycles. The predicted octanol–water partition coefficient (Wildman–Crippen LogP) is 0.935. The number of piperidine rings is 1. The number of nitrogens with zero attached hydrogens (tertiary/aromatic N) is 1. The third kappa shape index (κ3) is 5.88. The van der Waals surface area contributed by atoms with Crippen LogP contribution in [0.1, 0.15) is 67.1 Å². The van der Waals surface area contributed by atoms with E-state index >= 15 is 0 Å². The molecule has 4 rings (SSSR count). The van der Waals surface area contributed by atoms with E-state index in [0.717, 1.165) is 44.5 Å². The van der Waals surface area contributed by atoms with E-state index < -0.39 is 10.2 Å². The van der Waals surface area contributed by atoms with Gasteiger partial charge in [0.15, 0.2) is 5.69 Å². The minimum absolute atomic E-state index is 0.0431. The molecule has 160 valence electrons. The van der Waals surface area contributed by atoms with Crippen molar-refractivity contribution in [3.8, 4) is 0 Å². The van der Waals surface area contributed by atoms with Crippen LogP contribution in [0.4, 0.5) is 0 Å². The van der Waals surface area contributed by atoms with E-state index in [-0.39, 0.29) is 29.7 Å². The zero-order chi connectivity index (χ0) is 20.3. The quantitative estimate of drug-likeness (QED) is 0.484. The van der Waals surface area contributed by atoms with Gasteiger partial charge < -0.3 is 15.2 Å². The summed E-state index contributed by atoms with van der Waals surface area (Å²) in [4.78, 5) is 12.5. The first-order chi connectivity index (χ1) is 14.0. The van der Waals surface area contributed by atoms with Crippen LogP contribution in [0.3, 0.4) is 0 Å². The summed E-state index contributed by atoms with van der Waals surface area (Å²) in [7, 11) is -3.60. The Bertz CT molecular complexity index is 843. The van der Waals surface area contributed by atoms with Crippen molar-refractivity contribution in [1.82, 2.24) is 25.2 Å². The second kappa shape index (κ2) is 8.95. The Labute approximate surface area is 171 Å². The fourth-order valence-electron chi connectivity index (χ4n) is 3.90. The van der Waals surface area contributed by atoms with Crippen molar-refractivity contribution in [2.45, 2.75) is 69.0 Å². The second-order valence-electron chi connectivity index (χ2n) is 8.20. The highest BCUT2D eigenvalue weighted by Crippen LogP contribution is 2.40. The number of amides is 1. The average molecular weight is 424 g/mol. The zero-order valence-corrected chi connectivity index (χ0v) is 17.2. The average Bonchev–Trinajstić information content (AvgIpc) is 3.45. The molecule has 1 aromatic heterocycles. The van der Waals surface area contributed by atoms with E-state index in [1.165, 1.54) is 0 Å². The van der Waals surface area contributed by atoms with Gasteiger partial charge >= 0.3 is 0 Å². The third-order valence-corrected chi connectivity index (χ3v) is 6.92. The van der Waals surface area contributed by atoms with Crippen LogP contribution in [0.5, 0.6) is 0 Å². The van der Waals surface area contributed by atoms with Gasteiger partial charge in [-0.15, -0.1) is 0 Å². The van der Waals surface area contributed by atoms with Crippen molar-refractivity contribution < 1.29 is 17.7 Å². The van der Waals surface area contributed by atoms with E-state index in [9.17, 15) is 13.2 Å². The summed E-state index contributed by atoms with van der Waals surface area (Å²) < 4.78 is 35.8. The lowest BCUT2D eigenvalue weighted by Crippen LogP contribution is -2.50. The Morgan fingerprint density at radius 3 is 2.45 bits per heavy atom. The van der Waals surface area contributed by atoms with Crippen molar-refractivity contribution >= 4 is 16.1 Å². The summed E-state index contributed by atoms with van der Waals surface area (Å²) in [5.41, 5.74) is 0.282. The van der Waals surface area contributed by atoms with Gasteiger partial charge in [0.25, 0.3) is 16.1 Å². The lowest BCUT2D eigenvalue weighted by Gasteiger charge is -2.26. The van der Waals surface area contributed by atoms with Crippen LogP contribution in [0.25, 0.3) is 0 Å². The van der Waals surface area contributed by atoms with Gasteiger partial charge in [-0.25, -0.2) is 0 Å². The van der Waals surface area contributed by atoms with Gasteiger partial charge in [0.2, 0.25) is 0 Å². The summed E-state index contributed by atoms with van der Waals surface area (Å²) in [5, 5.41) is 10.1. The molecule has 1 amide bonds. The first kappa shape index (κ1) is 20.5. The number of carbonyl (C=O) groups is 1. The Morgan fingerprint density at radius 1 is 1.03 bits per heavy atom. The Balaban J connectivity index is 1.31. The molecule has 10 heteroatoms. The fraction of sp³-hybridized carbons (Fsp3) is 0.684. The van der Waals surface area contributed by atoms with Gasteiger partial charge in [0.1, 0.15) is 5.76 Å². The first-order valence-corrected chi connectivity index (χ1v) is 11.9. The summed E-state index contributed by atoms with van der Waals surface area (Å²) in [6.07, 6.45) is 9.43. The minimum atomic E-state index is -3.60. The maximum atomic E-state index is 12.5. The molecule has 1 saturated heterocycles. The smallest absolute Gasteiger partial charge is 0.277 e. The van der Waals surface area contributed by atoms with Crippen LogP contribution < -0.4 is 20.1 Å². The molecule has 2 heterocycles. The van der Waals surface area contributed by atoms with E-state index in [1.807, 2.05) is 12.2 Å². The molecular formula is C19H29N5O4S. The van der Waals surface area contributed by atoms with Crippen molar-refractivity contribution in [2.24, 2.45) is 0 Å². The van der Waals surface area contributed by atoms with Crippen LogP contribution in [0.15, 0.2) is 22.7 Å². The minimum Gasteiger partial charge on any atom is -0.360 e. The number of carbonyl (C=O) groups excluding carboxylic acids is 1. The summed E-state index contributed by atoms with van der Waals surface area (Å²) in [5.74, 6) is 0.886. The highest BCUT2D eigenvalue weighted by atomic mass is 32.2. The number of rotatable bonds is 7. The Kier molecular flexibility index (Phi) is 6.33. The molecule has 1 aromatic rings. The molecule has 0 unspecified atom stereocenters. The Morgan fingerprint density at radius 2 is 1.72 bits per heavy atom. The largest absolute Gasteiger partial charge is 0.360 e. The summed E-state index contributed by atoms with van der Waals surface area (Å²) >= 11 is 0.